The van der Waals surface area contributed by atoms with Crippen molar-refractivity contribution in [2.24, 2.45) is 5.92 Å². The molecule has 0 aliphatic heterocycles. The first kappa shape index (κ1) is 20.0. The van der Waals surface area contributed by atoms with Crippen molar-refractivity contribution >= 4 is 0 Å². The molecule has 0 aromatic rings. The molecule has 0 saturated carbocycles. The van der Waals surface area contributed by atoms with Crippen molar-refractivity contribution in [3.05, 3.63) is 6.92 Å². The molecule has 1 unspecified atom stereocenters. The Hall–Kier alpha value is 0. The average molecular weight is 282 g/mol. The van der Waals surface area contributed by atoms with Crippen LogP contribution in [0.15, 0.2) is 0 Å². The topological polar surface area (TPSA) is 0 Å². The molecule has 0 N–H and O–H groups in total. The van der Waals surface area contributed by atoms with E-state index >= 15 is 0 Å². The highest BCUT2D eigenvalue weighted by Gasteiger charge is 2.02. The molecule has 1 radical (unpaired) electrons. The molecule has 0 aromatic carbocycles. The zero-order chi connectivity index (χ0) is 14.9. The van der Waals surface area contributed by atoms with E-state index in [1.54, 1.807) is 0 Å². The summed E-state index contributed by atoms with van der Waals surface area (Å²) in [6.07, 6.45) is 22.7. The normalized spacial score (nSPS) is 11.4. The molecule has 0 heterocycles. The predicted octanol–water partition coefficient (Wildman–Crippen LogP) is 7.72. The molecule has 0 aliphatic rings. The van der Waals surface area contributed by atoms with Gasteiger partial charge >= 0.3 is 0 Å². The second kappa shape index (κ2) is 17.1. The van der Waals surface area contributed by atoms with E-state index in [9.17, 15) is 0 Å². The summed E-state index contributed by atoms with van der Waals surface area (Å²) in [6, 6.07) is 0. The summed E-state index contributed by atoms with van der Waals surface area (Å²) in [5.74, 6) is 0.963. The van der Waals surface area contributed by atoms with Gasteiger partial charge in [-0.25, -0.2) is 0 Å². The van der Waals surface area contributed by atoms with E-state index in [-0.39, 0.29) is 0 Å². The third kappa shape index (κ3) is 16.1. The molecule has 0 fully saturated rings. The quantitative estimate of drug-likeness (QED) is 0.254. The number of hydrogen-bond acceptors (Lipinski definition) is 0. The minimum atomic E-state index is 0.963. The fourth-order valence-electron chi connectivity index (χ4n) is 2.97. The molecule has 0 amide bonds. The molecular formula is C20H41. The second-order valence-electron chi connectivity index (χ2n) is 6.78. The Morgan fingerprint density at radius 3 is 1.45 bits per heavy atom. The van der Waals surface area contributed by atoms with Gasteiger partial charge in [-0.05, 0) is 5.92 Å². The van der Waals surface area contributed by atoms with Crippen molar-refractivity contribution in [1.82, 2.24) is 0 Å². The fourth-order valence-corrected chi connectivity index (χ4v) is 2.97. The van der Waals surface area contributed by atoms with E-state index in [2.05, 4.69) is 20.8 Å². The standard InChI is InChI=1S/C20H41/c1-4-6-8-10-12-14-16-18-20(3)19-17-15-13-11-9-7-5-2/h20H,1,4-19H2,2-3H3. The van der Waals surface area contributed by atoms with Gasteiger partial charge in [0.05, 0.1) is 0 Å². The van der Waals surface area contributed by atoms with Crippen LogP contribution >= 0.6 is 0 Å². The molecule has 0 nitrogen and oxygen atoms in total. The van der Waals surface area contributed by atoms with E-state index in [1.807, 2.05) is 0 Å². The van der Waals surface area contributed by atoms with E-state index in [0.29, 0.717) is 0 Å². The summed E-state index contributed by atoms with van der Waals surface area (Å²) in [4.78, 5) is 0. The highest BCUT2D eigenvalue weighted by Crippen LogP contribution is 2.18. The molecular weight excluding hydrogens is 240 g/mol. The Labute approximate surface area is 130 Å². The van der Waals surface area contributed by atoms with Crippen LogP contribution in [0.4, 0.5) is 0 Å². The Balaban J connectivity index is 3.11. The van der Waals surface area contributed by atoms with Gasteiger partial charge < -0.3 is 0 Å². The number of unbranched alkanes of at least 4 members (excludes halogenated alkanes) is 12. The van der Waals surface area contributed by atoms with Crippen LogP contribution in [0.5, 0.6) is 0 Å². The summed E-state index contributed by atoms with van der Waals surface area (Å²) in [6.45, 7) is 8.65. The monoisotopic (exact) mass is 281 g/mol. The highest BCUT2D eigenvalue weighted by molar-refractivity contribution is 4.56. The van der Waals surface area contributed by atoms with Crippen LogP contribution in [0.1, 0.15) is 117 Å². The summed E-state index contributed by atoms with van der Waals surface area (Å²) >= 11 is 0. The lowest BCUT2D eigenvalue weighted by molar-refractivity contribution is 0.431. The van der Waals surface area contributed by atoms with E-state index in [1.165, 1.54) is 96.3 Å². The zero-order valence-corrected chi connectivity index (χ0v) is 14.6. The van der Waals surface area contributed by atoms with Crippen LogP contribution in [0.2, 0.25) is 0 Å². The zero-order valence-electron chi connectivity index (χ0n) is 14.6. The molecule has 121 valence electrons. The first-order valence-corrected chi connectivity index (χ1v) is 9.60. The molecule has 20 heavy (non-hydrogen) atoms. The van der Waals surface area contributed by atoms with Crippen LogP contribution < -0.4 is 0 Å². The van der Waals surface area contributed by atoms with Crippen molar-refractivity contribution in [2.45, 2.75) is 117 Å². The lowest BCUT2D eigenvalue weighted by Gasteiger charge is -2.11. The lowest BCUT2D eigenvalue weighted by Crippen LogP contribution is -1.95. The van der Waals surface area contributed by atoms with E-state index in [4.69, 9.17) is 0 Å². The average Bonchev–Trinajstić information content (AvgIpc) is 2.45. The van der Waals surface area contributed by atoms with Crippen LogP contribution in [-0.4, -0.2) is 0 Å². The van der Waals surface area contributed by atoms with Crippen molar-refractivity contribution in [2.75, 3.05) is 0 Å². The maximum Gasteiger partial charge on any atom is -0.0443 e. The van der Waals surface area contributed by atoms with Gasteiger partial charge in [0.2, 0.25) is 0 Å². The van der Waals surface area contributed by atoms with Crippen molar-refractivity contribution in [3.8, 4) is 0 Å². The Morgan fingerprint density at radius 2 is 1.00 bits per heavy atom. The minimum absolute atomic E-state index is 0.963. The predicted molar refractivity (Wildman–Crippen MR) is 94.1 cm³/mol. The van der Waals surface area contributed by atoms with Crippen LogP contribution in [0.3, 0.4) is 0 Å². The third-order valence-electron chi connectivity index (χ3n) is 4.50. The van der Waals surface area contributed by atoms with Gasteiger partial charge in [0.15, 0.2) is 0 Å². The molecule has 1 atom stereocenters. The Bertz CT molecular complexity index is 143. The molecule has 0 saturated heterocycles. The largest absolute Gasteiger partial charge is 0.0654 e. The van der Waals surface area contributed by atoms with Gasteiger partial charge in [-0.2, -0.15) is 0 Å². The molecule has 0 heteroatoms. The van der Waals surface area contributed by atoms with Crippen molar-refractivity contribution in [1.29, 1.82) is 0 Å². The smallest absolute Gasteiger partial charge is 0.0443 e. The molecule has 0 spiro atoms. The molecule has 0 rings (SSSR count). The highest BCUT2D eigenvalue weighted by atomic mass is 14.1. The summed E-state index contributed by atoms with van der Waals surface area (Å²) in [5, 5.41) is 0. The van der Waals surface area contributed by atoms with E-state index < -0.39 is 0 Å². The Morgan fingerprint density at radius 1 is 0.600 bits per heavy atom. The fraction of sp³-hybridized carbons (Fsp3) is 0.950. The lowest BCUT2D eigenvalue weighted by atomic mass is 9.96. The molecule has 0 aromatic heterocycles. The van der Waals surface area contributed by atoms with Crippen molar-refractivity contribution in [3.63, 3.8) is 0 Å². The van der Waals surface area contributed by atoms with Crippen LogP contribution in [0, 0.1) is 12.8 Å². The van der Waals surface area contributed by atoms with Gasteiger partial charge in [-0.3, -0.25) is 0 Å². The van der Waals surface area contributed by atoms with Crippen LogP contribution in [-0.2, 0) is 0 Å². The summed E-state index contributed by atoms with van der Waals surface area (Å²) in [7, 11) is 0. The minimum Gasteiger partial charge on any atom is -0.0654 e. The molecule has 0 aliphatic carbocycles. The summed E-state index contributed by atoms with van der Waals surface area (Å²) < 4.78 is 0. The number of hydrogen-bond donors (Lipinski definition) is 0. The first-order chi connectivity index (χ1) is 9.81. The van der Waals surface area contributed by atoms with Crippen molar-refractivity contribution < 1.29 is 0 Å². The Kier molecular flexibility index (Phi) is 17.1. The maximum atomic E-state index is 3.90. The maximum absolute atomic E-state index is 3.90. The second-order valence-corrected chi connectivity index (χ2v) is 6.78. The third-order valence-corrected chi connectivity index (χ3v) is 4.50. The van der Waals surface area contributed by atoms with Crippen LogP contribution in [0.25, 0.3) is 0 Å². The SMILES string of the molecule is [CH2]CCCCCCCCC(C)CCCCCCCCC. The van der Waals surface area contributed by atoms with E-state index in [0.717, 1.165) is 12.3 Å². The van der Waals surface area contributed by atoms with Gasteiger partial charge in [-0.1, -0.05) is 124 Å². The van der Waals surface area contributed by atoms with Gasteiger partial charge in [0.1, 0.15) is 0 Å². The number of rotatable bonds is 16. The van der Waals surface area contributed by atoms with Gasteiger partial charge in [-0.15, -0.1) is 0 Å². The summed E-state index contributed by atoms with van der Waals surface area (Å²) in [5.41, 5.74) is 0. The first-order valence-electron chi connectivity index (χ1n) is 9.60. The van der Waals surface area contributed by atoms with Gasteiger partial charge in [0.25, 0.3) is 0 Å². The van der Waals surface area contributed by atoms with Gasteiger partial charge in [0, 0.05) is 0 Å². The molecule has 0 bridgehead atoms.